The van der Waals surface area contributed by atoms with Crippen molar-refractivity contribution >= 4 is 5.91 Å². The van der Waals surface area contributed by atoms with Crippen LogP contribution in [0.4, 0.5) is 0 Å². The van der Waals surface area contributed by atoms with E-state index < -0.39 is 0 Å². The Bertz CT molecular complexity index is 1010. The van der Waals surface area contributed by atoms with Crippen LogP contribution in [0.15, 0.2) is 34.9 Å². The van der Waals surface area contributed by atoms with E-state index in [1.807, 2.05) is 24.0 Å². The second kappa shape index (κ2) is 6.33. The van der Waals surface area contributed by atoms with Gasteiger partial charge in [-0.2, -0.15) is 0 Å². The summed E-state index contributed by atoms with van der Waals surface area (Å²) in [7, 11) is 0. The van der Waals surface area contributed by atoms with Crippen LogP contribution in [-0.4, -0.2) is 37.3 Å². The Morgan fingerprint density at radius 2 is 2.04 bits per heavy atom. The maximum Gasteiger partial charge on any atom is 0.226 e. The van der Waals surface area contributed by atoms with Crippen LogP contribution in [0.3, 0.4) is 0 Å². The minimum atomic E-state index is -0.0312. The monoisotopic (exact) mass is 363 g/mol. The molecule has 1 unspecified atom stereocenters. The topological polar surface area (TPSA) is 77.0 Å². The standard InChI is InChI=1S/C20H21N5O2/c1-13-10-17(27-23-13)19-22-21-18-11-15(7-9-25(18)19)20(26)24-8-6-14-4-2-3-5-16(14)12-24/h2-5,10,15H,6-9,11-12H2,1H3. The predicted molar refractivity (Wildman–Crippen MR) is 97.6 cm³/mol. The summed E-state index contributed by atoms with van der Waals surface area (Å²) in [5.41, 5.74) is 3.44. The molecular formula is C20H21N5O2. The van der Waals surface area contributed by atoms with Crippen LogP contribution in [-0.2, 0) is 30.7 Å². The lowest BCUT2D eigenvalue weighted by Gasteiger charge is -2.33. The van der Waals surface area contributed by atoms with E-state index in [0.29, 0.717) is 24.6 Å². The van der Waals surface area contributed by atoms with E-state index in [2.05, 4.69) is 38.1 Å². The van der Waals surface area contributed by atoms with Gasteiger partial charge in [0.2, 0.25) is 17.5 Å². The molecule has 0 radical (unpaired) electrons. The van der Waals surface area contributed by atoms with E-state index in [4.69, 9.17) is 4.52 Å². The first-order valence-corrected chi connectivity index (χ1v) is 9.40. The highest BCUT2D eigenvalue weighted by atomic mass is 16.5. The highest BCUT2D eigenvalue weighted by Gasteiger charge is 2.32. The molecular weight excluding hydrogens is 342 g/mol. The number of fused-ring (bicyclic) bond motifs is 2. The Morgan fingerprint density at radius 3 is 2.85 bits per heavy atom. The number of benzene rings is 1. The van der Waals surface area contributed by atoms with Gasteiger partial charge >= 0.3 is 0 Å². The molecule has 4 heterocycles. The van der Waals surface area contributed by atoms with Crippen LogP contribution in [0, 0.1) is 12.8 Å². The molecule has 0 spiro atoms. The van der Waals surface area contributed by atoms with Crippen molar-refractivity contribution in [3.63, 3.8) is 0 Å². The van der Waals surface area contributed by atoms with Gasteiger partial charge in [0.1, 0.15) is 5.82 Å². The number of amides is 1. The predicted octanol–water partition coefficient (Wildman–Crippen LogP) is 2.39. The van der Waals surface area contributed by atoms with Crippen molar-refractivity contribution in [1.82, 2.24) is 24.8 Å². The fourth-order valence-corrected chi connectivity index (χ4v) is 4.13. The lowest BCUT2D eigenvalue weighted by atomic mass is 9.93. The molecule has 1 aromatic carbocycles. The molecule has 2 aliphatic rings. The molecule has 0 saturated carbocycles. The minimum absolute atomic E-state index is 0.0312. The van der Waals surface area contributed by atoms with Crippen molar-refractivity contribution in [1.29, 1.82) is 0 Å². The first-order chi connectivity index (χ1) is 13.2. The van der Waals surface area contributed by atoms with Crippen LogP contribution in [0.5, 0.6) is 0 Å². The summed E-state index contributed by atoms with van der Waals surface area (Å²) in [6.45, 7) is 4.10. The third kappa shape index (κ3) is 2.83. The van der Waals surface area contributed by atoms with Gasteiger partial charge in [-0.25, -0.2) is 0 Å². The largest absolute Gasteiger partial charge is 0.353 e. The molecule has 7 heteroatoms. The molecule has 2 aromatic heterocycles. The van der Waals surface area contributed by atoms with Crippen molar-refractivity contribution in [3.05, 3.63) is 53.0 Å². The van der Waals surface area contributed by atoms with E-state index in [-0.39, 0.29) is 11.8 Å². The SMILES string of the molecule is Cc1cc(-c2nnc3n2CCC(C(=O)N2CCc4ccccc4C2)C3)on1. The number of aryl methyl sites for hydroxylation is 1. The molecule has 138 valence electrons. The second-order valence-corrected chi connectivity index (χ2v) is 7.39. The fraction of sp³-hybridized carbons (Fsp3) is 0.400. The molecule has 5 rings (SSSR count). The first-order valence-electron chi connectivity index (χ1n) is 9.40. The number of hydrogen-bond donors (Lipinski definition) is 0. The number of nitrogens with zero attached hydrogens (tertiary/aromatic N) is 5. The number of rotatable bonds is 2. The average molecular weight is 363 g/mol. The molecule has 0 N–H and O–H groups in total. The summed E-state index contributed by atoms with van der Waals surface area (Å²) in [5, 5.41) is 12.5. The van der Waals surface area contributed by atoms with E-state index in [1.54, 1.807) is 0 Å². The highest BCUT2D eigenvalue weighted by Crippen LogP contribution is 2.28. The zero-order valence-electron chi connectivity index (χ0n) is 15.3. The number of aromatic nitrogens is 4. The van der Waals surface area contributed by atoms with Crippen molar-refractivity contribution < 1.29 is 9.32 Å². The van der Waals surface area contributed by atoms with E-state index in [9.17, 15) is 4.79 Å². The number of carbonyl (C=O) groups excluding carboxylic acids is 1. The quantitative estimate of drug-likeness (QED) is 0.699. The molecule has 0 fully saturated rings. The average Bonchev–Trinajstić information content (AvgIpc) is 3.32. The van der Waals surface area contributed by atoms with Gasteiger partial charge in [0.15, 0.2) is 0 Å². The fourth-order valence-electron chi connectivity index (χ4n) is 4.13. The van der Waals surface area contributed by atoms with Crippen molar-refractivity contribution in [2.75, 3.05) is 6.54 Å². The van der Waals surface area contributed by atoms with Crippen molar-refractivity contribution in [2.24, 2.45) is 5.92 Å². The zero-order valence-corrected chi connectivity index (χ0v) is 15.3. The Balaban J connectivity index is 1.33. The van der Waals surface area contributed by atoms with Gasteiger partial charge in [0.05, 0.1) is 5.69 Å². The van der Waals surface area contributed by atoms with Crippen LogP contribution >= 0.6 is 0 Å². The Hall–Kier alpha value is -2.96. The maximum atomic E-state index is 13.1. The summed E-state index contributed by atoms with van der Waals surface area (Å²) >= 11 is 0. The number of carbonyl (C=O) groups is 1. The normalized spacial score (nSPS) is 18.9. The second-order valence-electron chi connectivity index (χ2n) is 7.39. The molecule has 0 saturated heterocycles. The Kier molecular flexibility index (Phi) is 3.81. The van der Waals surface area contributed by atoms with Gasteiger partial charge in [-0.15, -0.1) is 10.2 Å². The summed E-state index contributed by atoms with van der Waals surface area (Å²) in [5.74, 6) is 2.38. The Labute approximate surface area is 157 Å². The summed E-state index contributed by atoms with van der Waals surface area (Å²) in [6.07, 6.45) is 2.35. The summed E-state index contributed by atoms with van der Waals surface area (Å²) in [6, 6.07) is 10.3. The molecule has 0 bridgehead atoms. The van der Waals surface area contributed by atoms with Gasteiger partial charge < -0.3 is 14.0 Å². The Morgan fingerprint density at radius 1 is 1.19 bits per heavy atom. The van der Waals surface area contributed by atoms with Gasteiger partial charge in [-0.05, 0) is 30.9 Å². The molecule has 2 aliphatic heterocycles. The summed E-state index contributed by atoms with van der Waals surface area (Å²) < 4.78 is 7.38. The van der Waals surface area contributed by atoms with Crippen LogP contribution < -0.4 is 0 Å². The van der Waals surface area contributed by atoms with Gasteiger partial charge in [0, 0.05) is 38.0 Å². The molecule has 7 nitrogen and oxygen atoms in total. The minimum Gasteiger partial charge on any atom is -0.353 e. The molecule has 3 aromatic rings. The zero-order chi connectivity index (χ0) is 18.4. The van der Waals surface area contributed by atoms with Gasteiger partial charge in [-0.1, -0.05) is 29.4 Å². The van der Waals surface area contributed by atoms with E-state index in [0.717, 1.165) is 37.4 Å². The van der Waals surface area contributed by atoms with Crippen LogP contribution in [0.2, 0.25) is 0 Å². The van der Waals surface area contributed by atoms with Gasteiger partial charge in [0.25, 0.3) is 0 Å². The highest BCUT2D eigenvalue weighted by molar-refractivity contribution is 5.79. The van der Waals surface area contributed by atoms with Crippen LogP contribution in [0.25, 0.3) is 11.6 Å². The third-order valence-corrected chi connectivity index (χ3v) is 5.60. The molecule has 0 aliphatic carbocycles. The smallest absolute Gasteiger partial charge is 0.226 e. The third-order valence-electron chi connectivity index (χ3n) is 5.60. The first kappa shape index (κ1) is 16.2. The lowest BCUT2D eigenvalue weighted by Crippen LogP contribution is -2.42. The van der Waals surface area contributed by atoms with E-state index in [1.165, 1.54) is 11.1 Å². The summed E-state index contributed by atoms with van der Waals surface area (Å²) in [4.78, 5) is 15.1. The molecule has 1 atom stereocenters. The van der Waals surface area contributed by atoms with E-state index >= 15 is 0 Å². The molecule has 27 heavy (non-hydrogen) atoms. The molecule has 1 amide bonds. The lowest BCUT2D eigenvalue weighted by molar-refractivity contribution is -0.137. The van der Waals surface area contributed by atoms with Crippen molar-refractivity contribution in [2.45, 2.75) is 39.3 Å². The van der Waals surface area contributed by atoms with Crippen LogP contribution in [0.1, 0.15) is 29.1 Å². The van der Waals surface area contributed by atoms with Crippen molar-refractivity contribution in [3.8, 4) is 11.6 Å². The maximum absolute atomic E-state index is 13.1. The van der Waals surface area contributed by atoms with Gasteiger partial charge in [-0.3, -0.25) is 4.79 Å². The number of hydrogen-bond acceptors (Lipinski definition) is 5.